The maximum Gasteiger partial charge on any atom is 0.215 e. The number of carbonyl (C=O) groups excluding carboxylic acids is 1. The Morgan fingerprint density at radius 1 is 1.17 bits per heavy atom. The first-order valence-electron chi connectivity index (χ1n) is 6.54. The summed E-state index contributed by atoms with van der Waals surface area (Å²) in [6, 6.07) is 14.8. The van der Waals surface area contributed by atoms with Crippen molar-refractivity contribution in [3.8, 4) is 6.07 Å². The number of hydrogen-bond donors (Lipinski definition) is 2. The Bertz CT molecular complexity index is 909. The number of nitrogen functional groups attached to an aromatic ring is 1. The second-order valence-electron chi connectivity index (χ2n) is 4.58. The van der Waals surface area contributed by atoms with Crippen LogP contribution in [-0.4, -0.2) is 5.78 Å². The fourth-order valence-electron chi connectivity index (χ4n) is 2.01. The molecular weight excluding hydrogens is 350 g/mol. The van der Waals surface area contributed by atoms with Crippen molar-refractivity contribution in [2.45, 2.75) is 0 Å². The Hall–Kier alpha value is -2.33. The molecule has 0 fully saturated rings. The van der Waals surface area contributed by atoms with Gasteiger partial charge in [0, 0.05) is 5.69 Å². The quantitative estimate of drug-likeness (QED) is 0.650. The van der Waals surface area contributed by atoms with E-state index >= 15 is 0 Å². The zero-order chi connectivity index (χ0) is 16.4. The lowest BCUT2D eigenvalue weighted by atomic mass is 10.2. The Kier molecular flexibility index (Phi) is 4.35. The van der Waals surface area contributed by atoms with E-state index in [4.69, 9.17) is 17.3 Å². The van der Waals surface area contributed by atoms with Gasteiger partial charge < -0.3 is 11.1 Å². The van der Waals surface area contributed by atoms with Gasteiger partial charge in [0.05, 0.1) is 14.9 Å². The molecule has 114 valence electrons. The molecule has 3 rings (SSSR count). The van der Waals surface area contributed by atoms with Crippen molar-refractivity contribution in [3.63, 3.8) is 0 Å². The summed E-state index contributed by atoms with van der Waals surface area (Å²) in [6.45, 7) is 0. The van der Waals surface area contributed by atoms with Crippen LogP contribution in [0.15, 0.2) is 42.5 Å². The summed E-state index contributed by atoms with van der Waals surface area (Å²) in [4.78, 5) is 13.4. The van der Waals surface area contributed by atoms with Gasteiger partial charge in [0.25, 0.3) is 0 Å². The standard InChI is InChI=1S/C16H10ClN3OS2/c17-12-7-6-11(22-12)14(21)15-13(19)10(8-18)16(23-15)20-9-4-2-1-3-5-9/h1-7,20H,19H2. The molecule has 0 aliphatic carbocycles. The first kappa shape index (κ1) is 15.6. The second-order valence-corrected chi connectivity index (χ2v) is 7.32. The number of ketones is 1. The maximum atomic E-state index is 12.6. The molecule has 0 aliphatic heterocycles. The third-order valence-electron chi connectivity index (χ3n) is 3.09. The predicted octanol–water partition coefficient (Wildman–Crippen LogP) is 4.89. The van der Waals surface area contributed by atoms with Crippen LogP contribution in [0.3, 0.4) is 0 Å². The SMILES string of the molecule is N#Cc1c(Nc2ccccc2)sc(C(=O)c2ccc(Cl)s2)c1N. The van der Waals surface area contributed by atoms with Crippen molar-refractivity contribution in [3.05, 3.63) is 62.1 Å². The van der Waals surface area contributed by atoms with Crippen LogP contribution in [0.25, 0.3) is 0 Å². The average molecular weight is 360 g/mol. The molecule has 2 aromatic heterocycles. The number of nitrogens with zero attached hydrogens (tertiary/aromatic N) is 1. The van der Waals surface area contributed by atoms with Crippen molar-refractivity contribution < 1.29 is 4.79 Å². The van der Waals surface area contributed by atoms with E-state index < -0.39 is 0 Å². The molecule has 1 aromatic carbocycles. The Labute approximate surface area is 145 Å². The van der Waals surface area contributed by atoms with Crippen molar-refractivity contribution >= 4 is 56.4 Å². The van der Waals surface area contributed by atoms with E-state index in [2.05, 4.69) is 11.4 Å². The Balaban J connectivity index is 2.00. The van der Waals surface area contributed by atoms with Crippen LogP contribution in [0.1, 0.15) is 20.1 Å². The highest BCUT2D eigenvalue weighted by atomic mass is 35.5. The van der Waals surface area contributed by atoms with Gasteiger partial charge in [-0.1, -0.05) is 29.8 Å². The van der Waals surface area contributed by atoms with Gasteiger partial charge in [-0.05, 0) is 24.3 Å². The van der Waals surface area contributed by atoms with Crippen LogP contribution in [0.2, 0.25) is 4.34 Å². The normalized spacial score (nSPS) is 10.3. The summed E-state index contributed by atoms with van der Waals surface area (Å²) < 4.78 is 0.534. The van der Waals surface area contributed by atoms with Crippen molar-refractivity contribution in [2.24, 2.45) is 0 Å². The number of halogens is 1. The molecule has 0 bridgehead atoms. The van der Waals surface area contributed by atoms with E-state index in [0.29, 0.717) is 19.1 Å². The second kappa shape index (κ2) is 6.42. The predicted molar refractivity (Wildman–Crippen MR) is 95.9 cm³/mol. The summed E-state index contributed by atoms with van der Waals surface area (Å²) in [5.41, 5.74) is 7.32. The van der Waals surface area contributed by atoms with Crippen LogP contribution in [0, 0.1) is 11.3 Å². The number of nitrogens with one attached hydrogen (secondary N) is 1. The molecule has 23 heavy (non-hydrogen) atoms. The van der Waals surface area contributed by atoms with Crippen LogP contribution in [0.4, 0.5) is 16.4 Å². The molecule has 0 radical (unpaired) electrons. The molecule has 0 unspecified atom stereocenters. The lowest BCUT2D eigenvalue weighted by Gasteiger charge is -2.03. The zero-order valence-corrected chi connectivity index (χ0v) is 14.1. The maximum absolute atomic E-state index is 12.6. The molecule has 7 heteroatoms. The Morgan fingerprint density at radius 2 is 1.91 bits per heavy atom. The first-order valence-corrected chi connectivity index (χ1v) is 8.55. The molecular formula is C16H10ClN3OS2. The molecule has 0 atom stereocenters. The van der Waals surface area contributed by atoms with Gasteiger partial charge in [-0.2, -0.15) is 5.26 Å². The Morgan fingerprint density at radius 3 is 2.52 bits per heavy atom. The molecule has 3 aromatic rings. The third kappa shape index (κ3) is 3.08. The van der Waals surface area contributed by atoms with Gasteiger partial charge in [0.2, 0.25) is 5.78 Å². The lowest BCUT2D eigenvalue weighted by molar-refractivity contribution is 0.104. The largest absolute Gasteiger partial charge is 0.396 e. The van der Waals surface area contributed by atoms with E-state index in [1.54, 1.807) is 12.1 Å². The number of benzene rings is 1. The fourth-order valence-corrected chi connectivity index (χ4v) is 4.11. The molecule has 3 N–H and O–H groups in total. The molecule has 2 heterocycles. The molecule has 0 amide bonds. The lowest BCUT2D eigenvalue weighted by Crippen LogP contribution is -2.00. The number of hydrogen-bond acceptors (Lipinski definition) is 6. The number of rotatable bonds is 4. The van der Waals surface area contributed by atoms with Crippen LogP contribution in [-0.2, 0) is 0 Å². The average Bonchev–Trinajstić information content (AvgIpc) is 3.11. The van der Waals surface area contributed by atoms with Gasteiger partial charge in [0.15, 0.2) is 0 Å². The highest BCUT2D eigenvalue weighted by molar-refractivity contribution is 7.21. The number of anilines is 3. The van der Waals surface area contributed by atoms with E-state index in [-0.39, 0.29) is 17.0 Å². The van der Waals surface area contributed by atoms with E-state index in [1.165, 1.54) is 22.7 Å². The van der Waals surface area contributed by atoms with Crippen molar-refractivity contribution in [1.29, 1.82) is 5.26 Å². The van der Waals surface area contributed by atoms with E-state index in [1.807, 2.05) is 30.3 Å². The highest BCUT2D eigenvalue weighted by Gasteiger charge is 2.23. The summed E-state index contributed by atoms with van der Waals surface area (Å²) in [5, 5.41) is 13.0. The van der Waals surface area contributed by atoms with Crippen molar-refractivity contribution in [2.75, 3.05) is 11.1 Å². The smallest absolute Gasteiger partial charge is 0.215 e. The number of para-hydroxylation sites is 1. The number of nitriles is 1. The molecule has 0 aliphatic rings. The minimum atomic E-state index is -0.220. The molecule has 0 spiro atoms. The molecule has 0 saturated heterocycles. The monoisotopic (exact) mass is 359 g/mol. The number of carbonyl (C=O) groups is 1. The zero-order valence-electron chi connectivity index (χ0n) is 11.7. The van der Waals surface area contributed by atoms with Gasteiger partial charge in [-0.25, -0.2) is 0 Å². The van der Waals surface area contributed by atoms with Crippen molar-refractivity contribution in [1.82, 2.24) is 0 Å². The van der Waals surface area contributed by atoms with Crippen LogP contribution in [0.5, 0.6) is 0 Å². The molecule has 4 nitrogen and oxygen atoms in total. The minimum absolute atomic E-state index is 0.199. The minimum Gasteiger partial charge on any atom is -0.396 e. The van der Waals surface area contributed by atoms with E-state index in [0.717, 1.165) is 5.69 Å². The van der Waals surface area contributed by atoms with Crippen LogP contribution >= 0.6 is 34.3 Å². The fraction of sp³-hybridized carbons (Fsp3) is 0. The summed E-state index contributed by atoms with van der Waals surface area (Å²) in [7, 11) is 0. The summed E-state index contributed by atoms with van der Waals surface area (Å²) in [6.07, 6.45) is 0. The number of thiophene rings is 2. The first-order chi connectivity index (χ1) is 11.1. The van der Waals surface area contributed by atoms with E-state index in [9.17, 15) is 10.1 Å². The van der Waals surface area contributed by atoms with Gasteiger partial charge in [-0.3, -0.25) is 4.79 Å². The topological polar surface area (TPSA) is 78.9 Å². The summed E-state index contributed by atoms with van der Waals surface area (Å²) >= 11 is 8.24. The third-order valence-corrected chi connectivity index (χ3v) is 5.44. The van der Waals surface area contributed by atoms with Gasteiger partial charge in [0.1, 0.15) is 21.5 Å². The van der Waals surface area contributed by atoms with Crippen LogP contribution < -0.4 is 11.1 Å². The summed E-state index contributed by atoms with van der Waals surface area (Å²) in [5.74, 6) is -0.220. The molecule has 0 saturated carbocycles. The van der Waals surface area contributed by atoms with Gasteiger partial charge >= 0.3 is 0 Å². The highest BCUT2D eigenvalue weighted by Crippen LogP contribution is 2.39. The van der Waals surface area contributed by atoms with Gasteiger partial charge in [-0.15, -0.1) is 22.7 Å². The number of nitrogens with two attached hydrogens (primary N) is 1.